The van der Waals surface area contributed by atoms with E-state index in [9.17, 15) is 0 Å². The van der Waals surface area contributed by atoms with E-state index >= 15 is 0 Å². The summed E-state index contributed by atoms with van der Waals surface area (Å²) < 4.78 is 0. The van der Waals surface area contributed by atoms with Gasteiger partial charge < -0.3 is 10.3 Å². The van der Waals surface area contributed by atoms with Crippen molar-refractivity contribution in [3.63, 3.8) is 0 Å². The Morgan fingerprint density at radius 2 is 2.00 bits per heavy atom. The standard InChI is InChI=1S/C17H26N2S.CH4/c1-3-4-5-6-10-18-11-9-14-13-19-17-8-7-15(20-2)12-16(14)17;/h7-8,12-13,18-19H,3-6,9-11H2,1-2H3;1H4. The van der Waals surface area contributed by atoms with Crippen LogP contribution < -0.4 is 5.32 Å². The summed E-state index contributed by atoms with van der Waals surface area (Å²) in [6.07, 6.45) is 10.7. The Labute approximate surface area is 134 Å². The summed E-state index contributed by atoms with van der Waals surface area (Å²) in [4.78, 5) is 4.71. The zero-order valence-corrected chi connectivity index (χ0v) is 13.5. The zero-order valence-electron chi connectivity index (χ0n) is 12.7. The highest BCUT2D eigenvalue weighted by molar-refractivity contribution is 7.98. The van der Waals surface area contributed by atoms with Gasteiger partial charge in [0.1, 0.15) is 0 Å². The van der Waals surface area contributed by atoms with E-state index in [4.69, 9.17) is 0 Å². The molecule has 0 spiro atoms. The summed E-state index contributed by atoms with van der Waals surface area (Å²) in [5, 5.41) is 4.94. The minimum absolute atomic E-state index is 0. The molecule has 0 fully saturated rings. The van der Waals surface area contributed by atoms with Gasteiger partial charge in [0.05, 0.1) is 0 Å². The summed E-state index contributed by atoms with van der Waals surface area (Å²) in [5.41, 5.74) is 2.68. The molecule has 3 heteroatoms. The number of unbranched alkanes of at least 4 members (excludes halogenated alkanes) is 3. The number of rotatable bonds is 9. The average Bonchev–Trinajstić information content (AvgIpc) is 2.88. The first-order valence-corrected chi connectivity index (χ1v) is 8.92. The lowest BCUT2D eigenvalue weighted by Crippen LogP contribution is -2.18. The molecule has 0 saturated carbocycles. The van der Waals surface area contributed by atoms with Crippen molar-refractivity contribution in [3.8, 4) is 0 Å². The Hall–Kier alpha value is -0.930. The fraction of sp³-hybridized carbons (Fsp3) is 0.556. The van der Waals surface area contributed by atoms with Crippen molar-refractivity contribution in [2.24, 2.45) is 0 Å². The first-order chi connectivity index (χ1) is 9.85. The van der Waals surface area contributed by atoms with E-state index < -0.39 is 0 Å². The molecule has 0 radical (unpaired) electrons. The first-order valence-electron chi connectivity index (χ1n) is 7.70. The van der Waals surface area contributed by atoms with E-state index in [1.807, 2.05) is 0 Å². The fourth-order valence-corrected chi connectivity index (χ4v) is 2.96. The van der Waals surface area contributed by atoms with Crippen LogP contribution in [0.15, 0.2) is 29.3 Å². The van der Waals surface area contributed by atoms with Gasteiger partial charge in [-0.05, 0) is 55.9 Å². The first kappa shape index (κ1) is 18.1. The summed E-state index contributed by atoms with van der Waals surface area (Å²) in [5.74, 6) is 0. The molecule has 1 aromatic heterocycles. The van der Waals surface area contributed by atoms with Gasteiger partial charge >= 0.3 is 0 Å². The summed E-state index contributed by atoms with van der Waals surface area (Å²) in [7, 11) is 0. The third-order valence-electron chi connectivity index (χ3n) is 3.75. The van der Waals surface area contributed by atoms with Gasteiger partial charge in [0.2, 0.25) is 0 Å². The predicted octanol–water partition coefficient (Wildman–Crippen LogP) is 5.24. The van der Waals surface area contributed by atoms with E-state index in [2.05, 4.69) is 47.9 Å². The number of aromatic nitrogens is 1. The smallest absolute Gasteiger partial charge is 0.0457 e. The van der Waals surface area contributed by atoms with Crippen molar-refractivity contribution in [1.82, 2.24) is 10.3 Å². The lowest BCUT2D eigenvalue weighted by atomic mass is 10.1. The van der Waals surface area contributed by atoms with Crippen LogP contribution in [0.3, 0.4) is 0 Å². The van der Waals surface area contributed by atoms with E-state index in [0.29, 0.717) is 0 Å². The number of benzene rings is 1. The number of hydrogen-bond acceptors (Lipinski definition) is 2. The van der Waals surface area contributed by atoms with Gasteiger partial charge in [-0.15, -0.1) is 11.8 Å². The number of thioether (sulfide) groups is 1. The number of fused-ring (bicyclic) bond motifs is 1. The second-order valence-corrected chi connectivity index (χ2v) is 6.17. The maximum atomic E-state index is 3.56. The van der Waals surface area contributed by atoms with Crippen molar-refractivity contribution < 1.29 is 0 Å². The summed E-state index contributed by atoms with van der Waals surface area (Å²) in [6, 6.07) is 6.66. The van der Waals surface area contributed by atoms with Gasteiger partial charge in [-0.25, -0.2) is 0 Å². The molecule has 0 unspecified atom stereocenters. The summed E-state index contributed by atoms with van der Waals surface area (Å²) in [6.45, 7) is 4.48. The molecule has 2 rings (SSSR count). The Morgan fingerprint density at radius 3 is 2.76 bits per heavy atom. The molecule has 21 heavy (non-hydrogen) atoms. The Morgan fingerprint density at radius 1 is 1.14 bits per heavy atom. The minimum atomic E-state index is 0. The molecular weight excluding hydrogens is 276 g/mol. The van der Waals surface area contributed by atoms with Gasteiger partial charge in [0.15, 0.2) is 0 Å². The SMILES string of the molecule is C.CCCCCCNCCc1c[nH]c2ccc(SC)cc12. The van der Waals surface area contributed by atoms with Crippen LogP contribution in [0, 0.1) is 0 Å². The molecule has 0 aliphatic rings. The molecule has 1 aromatic carbocycles. The van der Waals surface area contributed by atoms with Gasteiger partial charge in [0, 0.05) is 22.0 Å². The van der Waals surface area contributed by atoms with Gasteiger partial charge in [0.25, 0.3) is 0 Å². The van der Waals surface area contributed by atoms with Crippen LogP contribution in [0.2, 0.25) is 0 Å². The molecule has 0 saturated heterocycles. The molecule has 1 heterocycles. The maximum absolute atomic E-state index is 3.56. The van der Waals surface area contributed by atoms with Crippen LogP contribution in [-0.2, 0) is 6.42 Å². The van der Waals surface area contributed by atoms with Crippen molar-refractivity contribution >= 4 is 22.7 Å². The molecule has 0 aliphatic heterocycles. The number of H-pyrrole nitrogens is 1. The average molecular weight is 307 g/mol. The van der Waals surface area contributed by atoms with Crippen molar-refractivity contribution in [3.05, 3.63) is 30.0 Å². The van der Waals surface area contributed by atoms with Gasteiger partial charge in [-0.3, -0.25) is 0 Å². The van der Waals surface area contributed by atoms with Gasteiger partial charge in [-0.2, -0.15) is 0 Å². The fourth-order valence-electron chi connectivity index (χ4n) is 2.52. The quantitative estimate of drug-likeness (QED) is 0.490. The highest BCUT2D eigenvalue weighted by Gasteiger charge is 2.04. The molecule has 2 aromatic rings. The Kier molecular flexibility index (Phi) is 8.55. The van der Waals surface area contributed by atoms with E-state index in [-0.39, 0.29) is 7.43 Å². The van der Waals surface area contributed by atoms with Crippen molar-refractivity contribution in [2.75, 3.05) is 19.3 Å². The van der Waals surface area contributed by atoms with E-state index in [1.165, 1.54) is 47.0 Å². The van der Waals surface area contributed by atoms with Crippen molar-refractivity contribution in [1.29, 1.82) is 0 Å². The monoisotopic (exact) mass is 306 g/mol. The molecule has 2 nitrogen and oxygen atoms in total. The zero-order chi connectivity index (χ0) is 14.2. The van der Waals surface area contributed by atoms with Crippen LogP contribution in [0.25, 0.3) is 10.9 Å². The topological polar surface area (TPSA) is 27.8 Å². The largest absolute Gasteiger partial charge is 0.361 e. The second kappa shape index (κ2) is 9.91. The molecule has 2 N–H and O–H groups in total. The summed E-state index contributed by atoms with van der Waals surface area (Å²) >= 11 is 1.81. The molecule has 0 bridgehead atoms. The number of nitrogens with one attached hydrogen (secondary N) is 2. The highest BCUT2D eigenvalue weighted by Crippen LogP contribution is 2.24. The molecule has 118 valence electrons. The van der Waals surface area contributed by atoms with Crippen LogP contribution >= 0.6 is 11.8 Å². The van der Waals surface area contributed by atoms with E-state index in [1.54, 1.807) is 11.8 Å². The van der Waals surface area contributed by atoms with Crippen molar-refractivity contribution in [2.45, 2.75) is 51.3 Å². The molecule has 0 atom stereocenters. The normalized spacial score (nSPS) is 10.8. The van der Waals surface area contributed by atoms with Crippen LogP contribution in [0.4, 0.5) is 0 Å². The van der Waals surface area contributed by atoms with Crippen LogP contribution in [0.5, 0.6) is 0 Å². The second-order valence-electron chi connectivity index (χ2n) is 5.29. The van der Waals surface area contributed by atoms with Crippen LogP contribution in [0.1, 0.15) is 45.6 Å². The Balaban J connectivity index is 0.00000220. The third kappa shape index (κ3) is 5.40. The Bertz CT molecular complexity index is 519. The predicted molar refractivity (Wildman–Crippen MR) is 97.5 cm³/mol. The molecular formula is C18H30N2S. The van der Waals surface area contributed by atoms with E-state index in [0.717, 1.165) is 19.5 Å². The third-order valence-corrected chi connectivity index (χ3v) is 4.48. The number of hydrogen-bond donors (Lipinski definition) is 2. The molecule has 0 aliphatic carbocycles. The lowest BCUT2D eigenvalue weighted by molar-refractivity contribution is 0.599. The van der Waals surface area contributed by atoms with Gasteiger partial charge in [-0.1, -0.05) is 33.6 Å². The maximum Gasteiger partial charge on any atom is 0.0457 e. The van der Waals surface area contributed by atoms with Crippen LogP contribution in [-0.4, -0.2) is 24.3 Å². The number of aromatic amines is 1. The highest BCUT2D eigenvalue weighted by atomic mass is 32.2. The molecule has 0 amide bonds. The minimum Gasteiger partial charge on any atom is -0.361 e. The lowest BCUT2D eigenvalue weighted by Gasteiger charge is -2.04.